The number of carbonyl (C=O) groups excluding carboxylic acids is 1. The van der Waals surface area contributed by atoms with Crippen molar-refractivity contribution in [2.45, 2.75) is 25.3 Å². The largest absolute Gasteiger partial charge is 0.469 e. The van der Waals surface area contributed by atoms with Crippen molar-refractivity contribution in [2.75, 3.05) is 39.2 Å². The Labute approximate surface area is 118 Å². The number of nitrogens with zero attached hydrogens (tertiary/aromatic N) is 3. The van der Waals surface area contributed by atoms with Crippen LogP contribution in [-0.2, 0) is 16.0 Å². The van der Waals surface area contributed by atoms with Crippen molar-refractivity contribution in [1.29, 1.82) is 0 Å². The third-order valence-corrected chi connectivity index (χ3v) is 4.44. The van der Waals surface area contributed by atoms with Crippen molar-refractivity contribution >= 4 is 22.4 Å². The van der Waals surface area contributed by atoms with Crippen LogP contribution in [0.3, 0.4) is 0 Å². The summed E-state index contributed by atoms with van der Waals surface area (Å²) in [7, 11) is 5.65. The molecule has 0 N–H and O–H groups in total. The summed E-state index contributed by atoms with van der Waals surface area (Å²) in [5.74, 6) is -0.235. The van der Waals surface area contributed by atoms with Crippen LogP contribution in [0.1, 0.15) is 18.5 Å². The number of ether oxygens (including phenoxy) is 1. The number of aromatic nitrogens is 1. The van der Waals surface area contributed by atoms with E-state index in [1.54, 1.807) is 11.3 Å². The van der Waals surface area contributed by atoms with Gasteiger partial charge < -0.3 is 14.5 Å². The predicted octanol–water partition coefficient (Wildman–Crippen LogP) is 1.39. The van der Waals surface area contributed by atoms with Crippen molar-refractivity contribution in [2.24, 2.45) is 0 Å². The van der Waals surface area contributed by atoms with Gasteiger partial charge >= 0.3 is 5.97 Å². The number of anilines is 1. The number of esters is 1. The molecule has 0 radical (unpaired) electrons. The van der Waals surface area contributed by atoms with Gasteiger partial charge in [-0.3, -0.25) is 4.79 Å². The lowest BCUT2D eigenvalue weighted by molar-refractivity contribution is -0.139. The first-order valence-electron chi connectivity index (χ1n) is 6.52. The first kappa shape index (κ1) is 14.3. The van der Waals surface area contributed by atoms with E-state index in [-0.39, 0.29) is 12.4 Å². The molecule has 2 rings (SSSR count). The second kappa shape index (κ2) is 6.34. The highest BCUT2D eigenvalue weighted by atomic mass is 32.1. The smallest absolute Gasteiger partial charge is 0.311 e. The molecule has 19 heavy (non-hydrogen) atoms. The van der Waals surface area contributed by atoms with E-state index in [1.165, 1.54) is 20.0 Å². The summed E-state index contributed by atoms with van der Waals surface area (Å²) in [6, 6.07) is 0.585. The van der Waals surface area contributed by atoms with Crippen LogP contribution in [0.5, 0.6) is 0 Å². The SMILES string of the molecule is COC(=O)Cc1csc(N2CCCC(N(C)C)C2)n1. The number of hydrogen-bond acceptors (Lipinski definition) is 6. The van der Waals surface area contributed by atoms with Crippen molar-refractivity contribution in [1.82, 2.24) is 9.88 Å². The van der Waals surface area contributed by atoms with Gasteiger partial charge in [0.1, 0.15) is 0 Å². The molecule has 0 amide bonds. The van der Waals surface area contributed by atoms with Gasteiger partial charge in [-0.2, -0.15) is 0 Å². The van der Waals surface area contributed by atoms with Crippen LogP contribution >= 0.6 is 11.3 Å². The maximum Gasteiger partial charge on any atom is 0.311 e. The zero-order valence-corrected chi connectivity index (χ0v) is 12.6. The highest BCUT2D eigenvalue weighted by Gasteiger charge is 2.23. The average molecular weight is 283 g/mol. The van der Waals surface area contributed by atoms with Gasteiger partial charge in [-0.15, -0.1) is 11.3 Å². The van der Waals surface area contributed by atoms with Gasteiger partial charge in [-0.1, -0.05) is 0 Å². The number of carbonyl (C=O) groups is 1. The number of hydrogen-bond donors (Lipinski definition) is 0. The van der Waals surface area contributed by atoms with Crippen molar-refractivity contribution in [3.63, 3.8) is 0 Å². The number of piperidine rings is 1. The molecule has 1 atom stereocenters. The fraction of sp³-hybridized carbons (Fsp3) is 0.692. The summed E-state index contributed by atoms with van der Waals surface area (Å²) >= 11 is 1.61. The number of thiazole rings is 1. The monoisotopic (exact) mass is 283 g/mol. The molecule has 5 nitrogen and oxygen atoms in total. The third-order valence-electron chi connectivity index (χ3n) is 3.49. The first-order valence-corrected chi connectivity index (χ1v) is 7.40. The van der Waals surface area contributed by atoms with E-state index in [4.69, 9.17) is 0 Å². The van der Waals surface area contributed by atoms with Gasteiger partial charge in [-0.25, -0.2) is 4.98 Å². The highest BCUT2D eigenvalue weighted by Crippen LogP contribution is 2.25. The van der Waals surface area contributed by atoms with Crippen LogP contribution in [-0.4, -0.2) is 56.2 Å². The lowest BCUT2D eigenvalue weighted by atomic mass is 10.1. The van der Waals surface area contributed by atoms with Gasteiger partial charge in [-0.05, 0) is 26.9 Å². The average Bonchev–Trinajstić information content (AvgIpc) is 2.87. The van der Waals surface area contributed by atoms with Gasteiger partial charge in [0, 0.05) is 24.5 Å². The van der Waals surface area contributed by atoms with E-state index in [9.17, 15) is 4.79 Å². The van der Waals surface area contributed by atoms with Crippen LogP contribution in [0, 0.1) is 0 Å². The van der Waals surface area contributed by atoms with E-state index < -0.39 is 0 Å². The molecule has 1 aliphatic rings. The molecule has 1 unspecified atom stereocenters. The minimum Gasteiger partial charge on any atom is -0.469 e. The zero-order valence-electron chi connectivity index (χ0n) is 11.8. The molecule has 0 spiro atoms. The minimum absolute atomic E-state index is 0.235. The van der Waals surface area contributed by atoms with Crippen molar-refractivity contribution in [3.05, 3.63) is 11.1 Å². The molecule has 2 heterocycles. The van der Waals surface area contributed by atoms with Crippen LogP contribution in [0.2, 0.25) is 0 Å². The molecule has 6 heteroatoms. The normalized spacial score (nSPS) is 19.8. The Morgan fingerprint density at radius 3 is 3.11 bits per heavy atom. The fourth-order valence-electron chi connectivity index (χ4n) is 2.29. The van der Waals surface area contributed by atoms with Gasteiger partial charge in [0.05, 0.1) is 19.2 Å². The van der Waals surface area contributed by atoms with Gasteiger partial charge in [0.2, 0.25) is 0 Å². The molecule has 1 aromatic heterocycles. The second-order valence-electron chi connectivity index (χ2n) is 5.08. The molecule has 0 aliphatic carbocycles. The van der Waals surface area contributed by atoms with Crippen molar-refractivity contribution < 1.29 is 9.53 Å². The molecule has 106 valence electrons. The Balaban J connectivity index is 1.99. The van der Waals surface area contributed by atoms with Crippen LogP contribution in [0.25, 0.3) is 0 Å². The van der Waals surface area contributed by atoms with Crippen LogP contribution in [0.4, 0.5) is 5.13 Å². The van der Waals surface area contributed by atoms with Crippen LogP contribution in [0.15, 0.2) is 5.38 Å². The second-order valence-corrected chi connectivity index (χ2v) is 5.92. The van der Waals surface area contributed by atoms with E-state index in [0.29, 0.717) is 6.04 Å². The number of methoxy groups -OCH3 is 1. The Kier molecular flexibility index (Phi) is 4.76. The standard InChI is InChI=1S/C13H21N3O2S/c1-15(2)11-5-4-6-16(8-11)13-14-10(9-19-13)7-12(17)18-3/h9,11H,4-8H2,1-3H3. The maximum absolute atomic E-state index is 11.2. The highest BCUT2D eigenvalue weighted by molar-refractivity contribution is 7.13. The van der Waals surface area contributed by atoms with E-state index in [0.717, 1.165) is 23.9 Å². The minimum atomic E-state index is -0.235. The lowest BCUT2D eigenvalue weighted by Crippen LogP contribution is -2.45. The van der Waals surface area contributed by atoms with E-state index in [1.807, 2.05) is 5.38 Å². The Morgan fingerprint density at radius 1 is 1.63 bits per heavy atom. The number of likely N-dealkylation sites (N-methyl/N-ethyl adjacent to an activating group) is 1. The summed E-state index contributed by atoms with van der Waals surface area (Å²) in [4.78, 5) is 20.4. The Bertz CT molecular complexity index is 433. The van der Waals surface area contributed by atoms with E-state index >= 15 is 0 Å². The molecule has 0 saturated carbocycles. The summed E-state index contributed by atoms with van der Waals surface area (Å²) in [5, 5.41) is 2.97. The van der Waals surface area contributed by atoms with E-state index in [2.05, 4.69) is 33.6 Å². The molecular weight excluding hydrogens is 262 g/mol. The quantitative estimate of drug-likeness (QED) is 0.781. The molecule has 0 aromatic carbocycles. The summed E-state index contributed by atoms with van der Waals surface area (Å²) in [6.45, 7) is 2.06. The van der Waals surface area contributed by atoms with Crippen molar-refractivity contribution in [3.8, 4) is 0 Å². The molecule has 1 fully saturated rings. The predicted molar refractivity (Wildman–Crippen MR) is 76.8 cm³/mol. The fourth-order valence-corrected chi connectivity index (χ4v) is 3.16. The molecular formula is C13H21N3O2S. The molecule has 0 bridgehead atoms. The molecule has 1 aliphatic heterocycles. The first-order chi connectivity index (χ1) is 9.10. The topological polar surface area (TPSA) is 45.7 Å². The molecule has 1 aromatic rings. The Morgan fingerprint density at radius 2 is 2.42 bits per heavy atom. The zero-order chi connectivity index (χ0) is 13.8. The summed E-state index contributed by atoms with van der Waals surface area (Å²) < 4.78 is 4.66. The number of rotatable bonds is 4. The Hall–Kier alpha value is -1.14. The summed E-state index contributed by atoms with van der Waals surface area (Å²) in [5.41, 5.74) is 0.804. The summed E-state index contributed by atoms with van der Waals surface area (Å²) in [6.07, 6.45) is 2.69. The maximum atomic E-state index is 11.2. The third kappa shape index (κ3) is 3.67. The molecule has 1 saturated heterocycles. The van der Waals surface area contributed by atoms with Gasteiger partial charge in [0.15, 0.2) is 5.13 Å². The van der Waals surface area contributed by atoms with Crippen LogP contribution < -0.4 is 4.90 Å². The lowest BCUT2D eigenvalue weighted by Gasteiger charge is -2.35. The van der Waals surface area contributed by atoms with Gasteiger partial charge in [0.25, 0.3) is 0 Å².